The molecular weight excluding hydrogens is 312 g/mol. The zero-order valence-corrected chi connectivity index (χ0v) is 13.5. The first-order valence-corrected chi connectivity index (χ1v) is 8.47. The van der Waals surface area contributed by atoms with Crippen molar-refractivity contribution in [3.05, 3.63) is 53.4 Å². The molecular formula is C18H12O2S2. The summed E-state index contributed by atoms with van der Waals surface area (Å²) in [6, 6.07) is 16.5. The van der Waals surface area contributed by atoms with Crippen molar-refractivity contribution in [2.24, 2.45) is 0 Å². The lowest BCUT2D eigenvalue weighted by Crippen LogP contribution is -1.81. The Bertz CT molecular complexity index is 978. The van der Waals surface area contributed by atoms with Crippen molar-refractivity contribution >= 4 is 49.1 Å². The summed E-state index contributed by atoms with van der Waals surface area (Å²) in [7, 11) is 1.67. The van der Waals surface area contributed by atoms with Crippen molar-refractivity contribution in [3.8, 4) is 16.2 Å². The quantitative estimate of drug-likeness (QED) is 0.458. The Morgan fingerprint density at radius 1 is 0.909 bits per heavy atom. The number of fused-ring (bicyclic) bond motifs is 3. The maximum absolute atomic E-state index is 11.0. The lowest BCUT2D eigenvalue weighted by atomic mass is 10.1. The van der Waals surface area contributed by atoms with E-state index in [-0.39, 0.29) is 0 Å². The lowest BCUT2D eigenvalue weighted by molar-refractivity contribution is 0.112. The highest BCUT2D eigenvalue weighted by Crippen LogP contribution is 2.39. The van der Waals surface area contributed by atoms with Gasteiger partial charge in [0.05, 0.1) is 12.0 Å². The van der Waals surface area contributed by atoms with Crippen LogP contribution in [0.2, 0.25) is 0 Å². The van der Waals surface area contributed by atoms with E-state index in [4.69, 9.17) is 4.74 Å². The molecule has 22 heavy (non-hydrogen) atoms. The Labute approximate surface area is 135 Å². The van der Waals surface area contributed by atoms with Crippen LogP contribution in [0.15, 0.2) is 48.5 Å². The molecule has 4 aromatic rings. The zero-order chi connectivity index (χ0) is 15.1. The molecule has 2 heterocycles. The van der Waals surface area contributed by atoms with Gasteiger partial charge in [-0.2, -0.15) is 0 Å². The monoisotopic (exact) mass is 324 g/mol. The Hall–Kier alpha value is -2.17. The molecule has 0 aliphatic heterocycles. The van der Waals surface area contributed by atoms with E-state index in [2.05, 4.69) is 30.3 Å². The Kier molecular flexibility index (Phi) is 3.21. The fourth-order valence-corrected chi connectivity index (χ4v) is 4.58. The second-order valence-corrected chi connectivity index (χ2v) is 7.19. The first-order chi connectivity index (χ1) is 10.8. The third kappa shape index (κ3) is 2.12. The van der Waals surface area contributed by atoms with Crippen molar-refractivity contribution in [3.63, 3.8) is 0 Å². The van der Waals surface area contributed by atoms with E-state index in [1.807, 2.05) is 18.2 Å². The van der Waals surface area contributed by atoms with Crippen molar-refractivity contribution in [2.45, 2.75) is 0 Å². The first-order valence-electron chi connectivity index (χ1n) is 6.84. The molecule has 0 saturated carbocycles. The van der Waals surface area contributed by atoms with Gasteiger partial charge in [-0.05, 0) is 54.1 Å². The Morgan fingerprint density at radius 2 is 1.59 bits per heavy atom. The molecule has 0 saturated heterocycles. The number of methoxy groups -OCH3 is 1. The van der Waals surface area contributed by atoms with Crippen molar-refractivity contribution in [1.82, 2.24) is 0 Å². The molecule has 0 spiro atoms. The van der Waals surface area contributed by atoms with Crippen LogP contribution in [0.3, 0.4) is 0 Å². The highest BCUT2D eigenvalue weighted by molar-refractivity contribution is 7.23. The number of aldehydes is 1. The molecule has 0 fully saturated rings. The molecule has 0 aliphatic carbocycles. The molecule has 4 heteroatoms. The fraction of sp³-hybridized carbons (Fsp3) is 0.0556. The van der Waals surface area contributed by atoms with Gasteiger partial charge < -0.3 is 4.74 Å². The molecule has 108 valence electrons. The first kappa shape index (κ1) is 13.5. The van der Waals surface area contributed by atoms with Gasteiger partial charge >= 0.3 is 0 Å². The maximum atomic E-state index is 11.0. The van der Waals surface area contributed by atoms with Gasteiger partial charge in [0.1, 0.15) is 5.75 Å². The smallest absolute Gasteiger partial charge is 0.160 e. The summed E-state index contributed by atoms with van der Waals surface area (Å²) in [6.45, 7) is 0. The minimum atomic E-state index is 0.777. The molecule has 0 radical (unpaired) electrons. The minimum Gasteiger partial charge on any atom is -0.497 e. The van der Waals surface area contributed by atoms with Crippen LogP contribution in [0.25, 0.3) is 30.6 Å². The van der Waals surface area contributed by atoms with E-state index in [1.165, 1.54) is 25.9 Å². The third-order valence-electron chi connectivity index (χ3n) is 3.71. The number of carbonyl (C=O) groups excluding carboxylic acids is 1. The molecule has 2 aromatic carbocycles. The summed E-state index contributed by atoms with van der Waals surface area (Å²) < 4.78 is 7.61. The van der Waals surface area contributed by atoms with Crippen molar-refractivity contribution in [2.75, 3.05) is 7.11 Å². The molecule has 0 unspecified atom stereocenters. The number of hydrogen-bond acceptors (Lipinski definition) is 4. The van der Waals surface area contributed by atoms with Crippen LogP contribution in [0.5, 0.6) is 5.75 Å². The number of rotatable bonds is 3. The molecule has 0 bridgehead atoms. The average molecular weight is 324 g/mol. The van der Waals surface area contributed by atoms with Crippen molar-refractivity contribution in [1.29, 1.82) is 0 Å². The van der Waals surface area contributed by atoms with Crippen LogP contribution in [0, 0.1) is 0 Å². The van der Waals surface area contributed by atoms with Crippen LogP contribution < -0.4 is 4.74 Å². The van der Waals surface area contributed by atoms with Crippen LogP contribution >= 0.6 is 22.7 Å². The lowest BCUT2D eigenvalue weighted by Gasteiger charge is -2.00. The fourth-order valence-electron chi connectivity index (χ4n) is 2.61. The zero-order valence-electron chi connectivity index (χ0n) is 11.8. The summed E-state index contributed by atoms with van der Waals surface area (Å²) >= 11 is 3.31. The van der Waals surface area contributed by atoms with E-state index in [1.54, 1.807) is 29.8 Å². The highest BCUT2D eigenvalue weighted by Gasteiger charge is 2.10. The van der Waals surface area contributed by atoms with E-state index < -0.39 is 0 Å². The maximum Gasteiger partial charge on any atom is 0.160 e. The largest absolute Gasteiger partial charge is 0.497 e. The number of hydrogen-bond donors (Lipinski definition) is 0. The normalized spacial score (nSPS) is 11.1. The summed E-state index contributed by atoms with van der Waals surface area (Å²) in [4.78, 5) is 13.0. The number of benzene rings is 2. The van der Waals surface area contributed by atoms with Gasteiger partial charge in [-0.15, -0.1) is 22.7 Å². The predicted molar refractivity (Wildman–Crippen MR) is 94.6 cm³/mol. The summed E-state index contributed by atoms with van der Waals surface area (Å²) in [5.74, 6) is 0.862. The van der Waals surface area contributed by atoms with Crippen LogP contribution in [0.1, 0.15) is 9.67 Å². The SMILES string of the molecule is COc1ccc(-c2cc3c(ccc4sc(C=O)cc43)s2)cc1. The third-order valence-corrected chi connectivity index (χ3v) is 5.88. The van der Waals surface area contributed by atoms with Crippen molar-refractivity contribution < 1.29 is 9.53 Å². The molecule has 0 amide bonds. The number of carbonyl (C=O) groups is 1. The highest BCUT2D eigenvalue weighted by atomic mass is 32.1. The molecule has 0 atom stereocenters. The van der Waals surface area contributed by atoms with Crippen LogP contribution in [-0.4, -0.2) is 13.4 Å². The summed E-state index contributed by atoms with van der Waals surface area (Å²) in [5, 5.41) is 2.39. The van der Waals surface area contributed by atoms with Gasteiger partial charge in [-0.3, -0.25) is 4.79 Å². The number of ether oxygens (including phenoxy) is 1. The van der Waals surface area contributed by atoms with E-state index in [9.17, 15) is 4.79 Å². The van der Waals surface area contributed by atoms with Crippen LogP contribution in [0.4, 0.5) is 0 Å². The second-order valence-electron chi connectivity index (χ2n) is 4.99. The number of thiophene rings is 2. The van der Waals surface area contributed by atoms with E-state index in [0.29, 0.717) is 0 Å². The second kappa shape index (κ2) is 5.23. The Morgan fingerprint density at radius 3 is 2.27 bits per heavy atom. The molecule has 0 N–H and O–H groups in total. The molecule has 2 aromatic heterocycles. The molecule has 0 aliphatic rings. The van der Waals surface area contributed by atoms with E-state index >= 15 is 0 Å². The van der Waals surface area contributed by atoms with Gasteiger partial charge in [0, 0.05) is 25.0 Å². The predicted octanol–water partition coefficient (Wildman–Crippen LogP) is 5.60. The topological polar surface area (TPSA) is 26.3 Å². The minimum absolute atomic E-state index is 0.777. The molecule has 4 rings (SSSR count). The van der Waals surface area contributed by atoms with Gasteiger partial charge in [0.25, 0.3) is 0 Å². The van der Waals surface area contributed by atoms with Crippen LogP contribution in [-0.2, 0) is 0 Å². The van der Waals surface area contributed by atoms with Gasteiger partial charge in [-0.1, -0.05) is 0 Å². The summed E-state index contributed by atoms with van der Waals surface area (Å²) in [5.41, 5.74) is 1.18. The van der Waals surface area contributed by atoms with E-state index in [0.717, 1.165) is 21.6 Å². The van der Waals surface area contributed by atoms with Gasteiger partial charge in [0.15, 0.2) is 6.29 Å². The summed E-state index contributed by atoms with van der Waals surface area (Å²) in [6.07, 6.45) is 0.924. The average Bonchev–Trinajstić information content (AvgIpc) is 3.17. The standard InChI is InChI=1S/C18H12O2S2/c1-20-12-4-2-11(3-5-12)18-9-15-14-8-13(10-19)21-16(14)6-7-17(15)22-18/h2-10H,1H3. The molecule has 2 nitrogen and oxygen atoms in total. The Balaban J connectivity index is 1.90. The van der Waals surface area contributed by atoms with Gasteiger partial charge in [0.2, 0.25) is 0 Å². The van der Waals surface area contributed by atoms with Gasteiger partial charge in [-0.25, -0.2) is 0 Å².